The minimum Gasteiger partial charge on any atom is -0.497 e. The Balaban J connectivity index is 1.65. The van der Waals surface area contributed by atoms with Gasteiger partial charge in [0.2, 0.25) is 5.91 Å². The summed E-state index contributed by atoms with van der Waals surface area (Å²) in [5, 5.41) is 13.3. The summed E-state index contributed by atoms with van der Waals surface area (Å²) in [4.78, 5) is 27.2. The molecule has 1 amide bonds. The fraction of sp³-hybridized carbons (Fsp3) is 0.273. The van der Waals surface area contributed by atoms with Crippen LogP contribution in [0.4, 0.5) is 0 Å². The van der Waals surface area contributed by atoms with Crippen molar-refractivity contribution in [2.45, 2.75) is 18.8 Å². The quantitative estimate of drug-likeness (QED) is 0.550. The number of aromatic nitrogens is 1. The first-order chi connectivity index (χ1) is 13.5. The molecule has 3 aromatic rings. The van der Waals surface area contributed by atoms with Crippen molar-refractivity contribution >= 4 is 22.8 Å². The number of aromatic amines is 1. The molecule has 1 unspecified atom stereocenters. The van der Waals surface area contributed by atoms with E-state index in [4.69, 9.17) is 4.74 Å². The standard InChI is InChI=1S/C22H22N2O4/c1-28-15-8-6-14(7-9-15)17(12-24-20(25)22(10-11-22)21(26)27)18-13-23-19-5-3-2-4-16(18)19/h2-9,13,17,23H,10-12H2,1H3,(H,24,25)(H,26,27). The van der Waals surface area contributed by atoms with E-state index < -0.39 is 17.3 Å². The summed E-state index contributed by atoms with van der Waals surface area (Å²) in [6, 6.07) is 15.7. The van der Waals surface area contributed by atoms with Gasteiger partial charge in [0.15, 0.2) is 0 Å². The van der Waals surface area contributed by atoms with Crippen molar-refractivity contribution in [3.8, 4) is 5.75 Å². The number of ether oxygens (including phenoxy) is 1. The Morgan fingerprint density at radius 2 is 1.89 bits per heavy atom. The summed E-state index contributed by atoms with van der Waals surface area (Å²) in [5.74, 6) is -0.805. The van der Waals surface area contributed by atoms with Gasteiger partial charge in [-0.1, -0.05) is 30.3 Å². The average molecular weight is 378 g/mol. The highest BCUT2D eigenvalue weighted by Crippen LogP contribution is 2.46. The van der Waals surface area contributed by atoms with E-state index in [0.717, 1.165) is 27.8 Å². The zero-order chi connectivity index (χ0) is 19.7. The maximum Gasteiger partial charge on any atom is 0.319 e. The third kappa shape index (κ3) is 3.11. The zero-order valence-electron chi connectivity index (χ0n) is 15.6. The van der Waals surface area contributed by atoms with Gasteiger partial charge >= 0.3 is 5.97 Å². The molecule has 1 heterocycles. The smallest absolute Gasteiger partial charge is 0.319 e. The second-order valence-corrected chi connectivity index (χ2v) is 7.21. The molecule has 6 nitrogen and oxygen atoms in total. The number of benzene rings is 2. The van der Waals surface area contributed by atoms with E-state index in [1.807, 2.05) is 54.7 Å². The predicted molar refractivity (Wildman–Crippen MR) is 105 cm³/mol. The van der Waals surface area contributed by atoms with Crippen LogP contribution in [0.3, 0.4) is 0 Å². The Hall–Kier alpha value is -3.28. The lowest BCUT2D eigenvalue weighted by molar-refractivity contribution is -0.149. The van der Waals surface area contributed by atoms with Gasteiger partial charge in [0, 0.05) is 29.6 Å². The molecule has 1 atom stereocenters. The van der Waals surface area contributed by atoms with Gasteiger partial charge in [-0.2, -0.15) is 0 Å². The lowest BCUT2D eigenvalue weighted by Crippen LogP contribution is -2.39. The van der Waals surface area contributed by atoms with Crippen LogP contribution in [0.15, 0.2) is 54.7 Å². The molecule has 0 saturated heterocycles. The maximum absolute atomic E-state index is 12.5. The Kier molecular flexibility index (Phi) is 4.55. The van der Waals surface area contributed by atoms with E-state index in [1.54, 1.807) is 7.11 Å². The number of carbonyl (C=O) groups excluding carboxylic acids is 1. The average Bonchev–Trinajstić information content (AvgIpc) is 3.44. The summed E-state index contributed by atoms with van der Waals surface area (Å²) in [5.41, 5.74) is 1.85. The molecule has 144 valence electrons. The molecule has 2 aromatic carbocycles. The van der Waals surface area contributed by atoms with Crippen LogP contribution in [-0.4, -0.2) is 35.6 Å². The van der Waals surface area contributed by atoms with Crippen molar-refractivity contribution < 1.29 is 19.4 Å². The minimum absolute atomic E-state index is 0.115. The molecule has 1 aliphatic rings. The number of hydrogen-bond donors (Lipinski definition) is 3. The molecule has 0 aliphatic heterocycles. The zero-order valence-corrected chi connectivity index (χ0v) is 15.6. The number of hydrogen-bond acceptors (Lipinski definition) is 3. The van der Waals surface area contributed by atoms with Crippen LogP contribution in [0, 0.1) is 5.41 Å². The molecule has 6 heteroatoms. The fourth-order valence-corrected chi connectivity index (χ4v) is 3.65. The lowest BCUT2D eigenvalue weighted by Gasteiger charge is -2.20. The first-order valence-corrected chi connectivity index (χ1v) is 9.27. The SMILES string of the molecule is COc1ccc(C(CNC(=O)C2(C(=O)O)CC2)c2c[nH]c3ccccc23)cc1. The number of fused-ring (bicyclic) bond motifs is 1. The molecule has 28 heavy (non-hydrogen) atoms. The number of aliphatic carboxylic acids is 1. The summed E-state index contributed by atoms with van der Waals surface area (Å²) in [6.07, 6.45) is 2.75. The largest absolute Gasteiger partial charge is 0.497 e. The second kappa shape index (κ2) is 7.03. The van der Waals surface area contributed by atoms with Gasteiger partial charge in [-0.3, -0.25) is 9.59 Å². The van der Waals surface area contributed by atoms with E-state index in [-0.39, 0.29) is 5.92 Å². The van der Waals surface area contributed by atoms with Crippen LogP contribution in [0.25, 0.3) is 10.9 Å². The van der Waals surface area contributed by atoms with Gasteiger partial charge in [-0.25, -0.2) is 0 Å². The number of carboxylic acids is 1. The monoisotopic (exact) mass is 378 g/mol. The third-order valence-electron chi connectivity index (χ3n) is 5.58. The summed E-state index contributed by atoms with van der Waals surface area (Å²) in [7, 11) is 1.62. The van der Waals surface area contributed by atoms with Gasteiger partial charge in [0.05, 0.1) is 7.11 Å². The van der Waals surface area contributed by atoms with Gasteiger partial charge in [0.1, 0.15) is 11.2 Å². The van der Waals surface area contributed by atoms with E-state index in [9.17, 15) is 14.7 Å². The molecule has 1 aromatic heterocycles. The molecule has 4 rings (SSSR count). The van der Waals surface area contributed by atoms with Gasteiger partial charge in [-0.15, -0.1) is 0 Å². The van der Waals surface area contributed by atoms with E-state index >= 15 is 0 Å². The van der Waals surface area contributed by atoms with Crippen molar-refractivity contribution in [1.82, 2.24) is 10.3 Å². The van der Waals surface area contributed by atoms with Gasteiger partial charge in [-0.05, 0) is 42.2 Å². The molecule has 1 fully saturated rings. The molecule has 0 radical (unpaired) electrons. The number of methoxy groups -OCH3 is 1. The van der Waals surface area contributed by atoms with Crippen molar-refractivity contribution in [3.63, 3.8) is 0 Å². The predicted octanol–water partition coefficient (Wildman–Crippen LogP) is 3.29. The fourth-order valence-electron chi connectivity index (χ4n) is 3.65. The first kappa shape index (κ1) is 18.1. The highest BCUT2D eigenvalue weighted by atomic mass is 16.5. The van der Waals surface area contributed by atoms with E-state index in [1.165, 1.54) is 0 Å². The Morgan fingerprint density at radius 3 is 2.54 bits per heavy atom. The normalized spacial score (nSPS) is 15.8. The minimum atomic E-state index is -1.25. The molecule has 1 aliphatic carbocycles. The van der Waals surface area contributed by atoms with Crippen LogP contribution < -0.4 is 10.1 Å². The Bertz CT molecular complexity index is 1020. The topological polar surface area (TPSA) is 91.4 Å². The molecule has 0 spiro atoms. The number of rotatable bonds is 7. The van der Waals surface area contributed by atoms with Crippen molar-refractivity contribution in [1.29, 1.82) is 0 Å². The number of amides is 1. The molecule has 1 saturated carbocycles. The number of H-pyrrole nitrogens is 1. The lowest BCUT2D eigenvalue weighted by atomic mass is 9.90. The number of nitrogens with one attached hydrogen (secondary N) is 2. The number of carboxylic acid groups (broad SMARTS) is 1. The van der Waals surface area contributed by atoms with Crippen LogP contribution in [0.2, 0.25) is 0 Å². The second-order valence-electron chi connectivity index (χ2n) is 7.21. The van der Waals surface area contributed by atoms with Crippen molar-refractivity contribution in [3.05, 3.63) is 65.9 Å². The molecule has 0 bridgehead atoms. The third-order valence-corrected chi connectivity index (χ3v) is 5.58. The highest BCUT2D eigenvalue weighted by molar-refractivity contribution is 6.04. The van der Waals surface area contributed by atoms with Gasteiger partial charge < -0.3 is 20.1 Å². The first-order valence-electron chi connectivity index (χ1n) is 9.27. The summed E-state index contributed by atoms with van der Waals surface area (Å²) >= 11 is 0. The van der Waals surface area contributed by atoms with Crippen LogP contribution in [0.5, 0.6) is 5.75 Å². The Labute approximate surface area is 162 Å². The summed E-state index contributed by atoms with van der Waals surface area (Å²) < 4.78 is 5.25. The maximum atomic E-state index is 12.5. The van der Waals surface area contributed by atoms with Crippen LogP contribution in [-0.2, 0) is 9.59 Å². The molecular formula is C22H22N2O4. The van der Waals surface area contributed by atoms with Crippen LogP contribution in [0.1, 0.15) is 29.9 Å². The van der Waals surface area contributed by atoms with Crippen molar-refractivity contribution in [2.24, 2.45) is 5.41 Å². The molecule has 3 N–H and O–H groups in total. The van der Waals surface area contributed by atoms with Crippen molar-refractivity contribution in [2.75, 3.05) is 13.7 Å². The van der Waals surface area contributed by atoms with E-state index in [2.05, 4.69) is 10.3 Å². The Morgan fingerprint density at radius 1 is 1.18 bits per heavy atom. The van der Waals surface area contributed by atoms with Gasteiger partial charge in [0.25, 0.3) is 0 Å². The van der Waals surface area contributed by atoms with Crippen LogP contribution >= 0.6 is 0 Å². The summed E-state index contributed by atoms with van der Waals surface area (Å²) in [6.45, 7) is 0.321. The van der Waals surface area contributed by atoms with E-state index in [0.29, 0.717) is 19.4 Å². The number of carbonyl (C=O) groups is 2. The number of para-hydroxylation sites is 1. The molecular weight excluding hydrogens is 356 g/mol. The highest BCUT2D eigenvalue weighted by Gasteiger charge is 2.57.